The third-order valence-corrected chi connectivity index (χ3v) is 2.64. The van der Waals surface area contributed by atoms with Gasteiger partial charge in [-0.05, 0) is 0 Å². The number of aromatic nitrogens is 2. The van der Waals surface area contributed by atoms with E-state index in [1.54, 1.807) is 0 Å². The van der Waals surface area contributed by atoms with Crippen molar-refractivity contribution in [2.75, 3.05) is 6.61 Å². The molecule has 0 unspecified atom stereocenters. The summed E-state index contributed by atoms with van der Waals surface area (Å²) >= 11 is 0. The van der Waals surface area contributed by atoms with E-state index in [-0.39, 0.29) is 13.0 Å². The van der Waals surface area contributed by atoms with Gasteiger partial charge >= 0.3 is 5.69 Å². The van der Waals surface area contributed by atoms with Gasteiger partial charge in [-0.3, -0.25) is 14.3 Å². The van der Waals surface area contributed by atoms with E-state index in [4.69, 9.17) is 9.84 Å². The molecule has 8 nitrogen and oxygen atoms in total. The predicted molar refractivity (Wildman–Crippen MR) is 54.6 cm³/mol. The molecule has 94 valence electrons. The number of aliphatic hydroxyl groups excluding tert-OH is 2. The molecule has 3 atom stereocenters. The van der Waals surface area contributed by atoms with E-state index in [1.807, 2.05) is 4.98 Å². The van der Waals surface area contributed by atoms with E-state index < -0.39 is 35.4 Å². The van der Waals surface area contributed by atoms with Gasteiger partial charge in [0.15, 0.2) is 5.75 Å². The average Bonchev–Trinajstić information content (AvgIpc) is 2.65. The molecule has 0 radical (unpaired) electrons. The summed E-state index contributed by atoms with van der Waals surface area (Å²) in [6.45, 7) is -0.373. The maximum Gasteiger partial charge on any atom is 0.330 e. The predicted octanol–water partition coefficient (Wildman–Crippen LogP) is -2.12. The van der Waals surface area contributed by atoms with Crippen LogP contribution in [0.4, 0.5) is 0 Å². The van der Waals surface area contributed by atoms with Gasteiger partial charge in [0.25, 0.3) is 5.56 Å². The second-order valence-electron chi connectivity index (χ2n) is 3.80. The maximum absolute atomic E-state index is 11.5. The Kier molecular flexibility index (Phi) is 3.01. The van der Waals surface area contributed by atoms with Crippen LogP contribution in [0.1, 0.15) is 12.6 Å². The van der Waals surface area contributed by atoms with Gasteiger partial charge in [0.05, 0.1) is 18.9 Å². The minimum atomic E-state index is -0.897. The van der Waals surface area contributed by atoms with Crippen LogP contribution in [0.15, 0.2) is 15.8 Å². The van der Waals surface area contributed by atoms with E-state index in [1.165, 1.54) is 0 Å². The topological polar surface area (TPSA) is 125 Å². The van der Waals surface area contributed by atoms with Crippen molar-refractivity contribution in [2.45, 2.75) is 24.9 Å². The molecule has 2 rings (SSSR count). The highest BCUT2D eigenvalue weighted by Gasteiger charge is 2.35. The standard InChI is InChI=1S/C9H12N2O6/c12-3-6-4(13)1-7(17-6)11-2-5(14)8(15)10-9(11)16/h2,4,6-7,12-14H,1,3H2,(H,10,15,16)/t4-,6-,7+/m0/s1. The Morgan fingerprint density at radius 2 is 2.24 bits per heavy atom. The fourth-order valence-electron chi connectivity index (χ4n) is 1.74. The van der Waals surface area contributed by atoms with Crippen molar-refractivity contribution in [1.82, 2.24) is 9.55 Å². The SMILES string of the molecule is O=c1[nH]c(=O)n([C@H]2C[C@H](O)[C@H](CO)O2)cc1O. The van der Waals surface area contributed by atoms with Gasteiger partial charge in [-0.1, -0.05) is 0 Å². The second kappa shape index (κ2) is 4.32. The molecule has 1 fully saturated rings. The van der Waals surface area contributed by atoms with E-state index in [9.17, 15) is 19.8 Å². The lowest BCUT2D eigenvalue weighted by atomic mass is 10.2. The minimum absolute atomic E-state index is 0.0939. The van der Waals surface area contributed by atoms with Gasteiger partial charge in [-0.15, -0.1) is 0 Å². The molecular formula is C9H12N2O6. The van der Waals surface area contributed by atoms with Crippen LogP contribution in [-0.2, 0) is 4.74 Å². The lowest BCUT2D eigenvalue weighted by Crippen LogP contribution is -2.32. The first kappa shape index (κ1) is 11.8. The molecule has 2 heterocycles. The normalized spacial score (nSPS) is 28.5. The molecule has 1 aromatic rings. The number of aromatic amines is 1. The molecule has 1 aromatic heterocycles. The van der Waals surface area contributed by atoms with Crippen molar-refractivity contribution in [1.29, 1.82) is 0 Å². The molecule has 17 heavy (non-hydrogen) atoms. The largest absolute Gasteiger partial charge is 0.502 e. The summed E-state index contributed by atoms with van der Waals surface area (Å²) in [5.41, 5.74) is -1.63. The number of hydrogen-bond acceptors (Lipinski definition) is 6. The number of ether oxygens (including phenoxy) is 1. The third-order valence-electron chi connectivity index (χ3n) is 2.64. The smallest absolute Gasteiger partial charge is 0.330 e. The maximum atomic E-state index is 11.5. The fourth-order valence-corrected chi connectivity index (χ4v) is 1.74. The summed E-state index contributed by atoms with van der Waals surface area (Å²) in [7, 11) is 0. The van der Waals surface area contributed by atoms with Crippen molar-refractivity contribution in [3.05, 3.63) is 27.0 Å². The van der Waals surface area contributed by atoms with Crippen LogP contribution in [0.25, 0.3) is 0 Å². The number of H-pyrrole nitrogens is 1. The highest BCUT2D eigenvalue weighted by molar-refractivity contribution is 5.09. The van der Waals surface area contributed by atoms with Crippen molar-refractivity contribution < 1.29 is 20.1 Å². The lowest BCUT2D eigenvalue weighted by Gasteiger charge is -2.14. The molecule has 0 bridgehead atoms. The Morgan fingerprint density at radius 3 is 2.82 bits per heavy atom. The molecule has 0 aromatic carbocycles. The van der Waals surface area contributed by atoms with Gasteiger partial charge in [0, 0.05) is 6.42 Å². The molecule has 4 N–H and O–H groups in total. The highest BCUT2D eigenvalue weighted by atomic mass is 16.5. The van der Waals surface area contributed by atoms with E-state index >= 15 is 0 Å². The Labute approximate surface area is 94.7 Å². The number of aliphatic hydroxyl groups is 2. The molecule has 1 aliphatic rings. The quantitative estimate of drug-likeness (QED) is 0.471. The Balaban J connectivity index is 2.34. The van der Waals surface area contributed by atoms with Crippen molar-refractivity contribution in [2.24, 2.45) is 0 Å². The Morgan fingerprint density at radius 1 is 1.53 bits per heavy atom. The monoisotopic (exact) mass is 244 g/mol. The number of rotatable bonds is 2. The number of hydrogen-bond donors (Lipinski definition) is 4. The van der Waals surface area contributed by atoms with Crippen molar-refractivity contribution >= 4 is 0 Å². The van der Waals surface area contributed by atoms with Gasteiger partial charge in [0.1, 0.15) is 12.3 Å². The zero-order valence-electron chi connectivity index (χ0n) is 8.74. The molecule has 0 aliphatic carbocycles. The first-order chi connectivity index (χ1) is 8.02. The van der Waals surface area contributed by atoms with Crippen LogP contribution in [0.3, 0.4) is 0 Å². The van der Waals surface area contributed by atoms with Crippen LogP contribution in [0, 0.1) is 0 Å². The molecule has 0 saturated carbocycles. The van der Waals surface area contributed by atoms with Gasteiger partial charge < -0.3 is 20.1 Å². The molecule has 1 saturated heterocycles. The van der Waals surface area contributed by atoms with Gasteiger partial charge in [-0.2, -0.15) is 0 Å². The molecule has 8 heteroatoms. The van der Waals surface area contributed by atoms with E-state index in [0.29, 0.717) is 0 Å². The lowest BCUT2D eigenvalue weighted by molar-refractivity contribution is -0.0460. The zero-order chi connectivity index (χ0) is 12.6. The summed E-state index contributed by atoms with van der Waals surface area (Å²) in [6.07, 6.45) is -1.46. The summed E-state index contributed by atoms with van der Waals surface area (Å²) in [5.74, 6) is -0.616. The number of nitrogens with one attached hydrogen (secondary N) is 1. The third kappa shape index (κ3) is 2.09. The Hall–Kier alpha value is -1.64. The molecule has 0 spiro atoms. The number of nitrogens with zero attached hydrogens (tertiary/aromatic N) is 1. The molecule has 1 aliphatic heterocycles. The Bertz CT molecular complexity index is 521. The first-order valence-electron chi connectivity index (χ1n) is 5.01. The van der Waals surface area contributed by atoms with Crippen molar-refractivity contribution in [3.8, 4) is 5.75 Å². The minimum Gasteiger partial charge on any atom is -0.502 e. The zero-order valence-corrected chi connectivity index (χ0v) is 8.74. The van der Waals surface area contributed by atoms with Crippen LogP contribution < -0.4 is 11.2 Å². The van der Waals surface area contributed by atoms with Crippen molar-refractivity contribution in [3.63, 3.8) is 0 Å². The second-order valence-corrected chi connectivity index (χ2v) is 3.80. The van der Waals surface area contributed by atoms with Gasteiger partial charge in [-0.25, -0.2) is 4.79 Å². The average molecular weight is 244 g/mol. The highest BCUT2D eigenvalue weighted by Crippen LogP contribution is 2.27. The molecular weight excluding hydrogens is 232 g/mol. The van der Waals surface area contributed by atoms with Crippen LogP contribution in [-0.4, -0.2) is 43.7 Å². The molecule has 0 amide bonds. The summed E-state index contributed by atoms with van der Waals surface area (Å²) in [4.78, 5) is 24.3. The van der Waals surface area contributed by atoms with Crippen LogP contribution in [0.5, 0.6) is 5.75 Å². The summed E-state index contributed by atoms with van der Waals surface area (Å²) in [5, 5.41) is 27.6. The first-order valence-corrected chi connectivity index (χ1v) is 5.01. The summed E-state index contributed by atoms with van der Waals surface area (Å²) in [6, 6.07) is 0. The van der Waals surface area contributed by atoms with Crippen LogP contribution >= 0.6 is 0 Å². The van der Waals surface area contributed by atoms with E-state index in [0.717, 1.165) is 10.8 Å². The van der Waals surface area contributed by atoms with Crippen LogP contribution in [0.2, 0.25) is 0 Å². The van der Waals surface area contributed by atoms with E-state index in [2.05, 4.69) is 0 Å². The fraction of sp³-hybridized carbons (Fsp3) is 0.556. The van der Waals surface area contributed by atoms with Gasteiger partial charge in [0.2, 0.25) is 0 Å². The summed E-state index contributed by atoms with van der Waals surface area (Å²) < 4.78 is 6.18. The number of aromatic hydroxyl groups is 1.